The third kappa shape index (κ3) is 5.45. The van der Waals surface area contributed by atoms with Crippen molar-refractivity contribution in [3.8, 4) is 0 Å². The predicted octanol–water partition coefficient (Wildman–Crippen LogP) is 6.78. The molecule has 0 spiro atoms. The number of amides is 1. The Morgan fingerprint density at radius 3 is 2.36 bits per heavy atom. The SMILES string of the molecule is CC(Sc1cc(Cl)ccc1Cl)C(=O)Nc1cc(C(F)(F)F)ccc1Cl. The maximum atomic E-state index is 12.8. The topological polar surface area (TPSA) is 29.1 Å². The first kappa shape index (κ1) is 20.2. The van der Waals surface area contributed by atoms with Crippen LogP contribution in [0.15, 0.2) is 41.3 Å². The summed E-state index contributed by atoms with van der Waals surface area (Å²) in [5.74, 6) is -0.512. The quantitative estimate of drug-likeness (QED) is 0.544. The fourth-order valence-electron chi connectivity index (χ4n) is 1.84. The average Bonchev–Trinajstić information content (AvgIpc) is 2.51. The van der Waals surface area contributed by atoms with Crippen LogP contribution in [0.5, 0.6) is 0 Å². The summed E-state index contributed by atoms with van der Waals surface area (Å²) in [6.07, 6.45) is -4.53. The Morgan fingerprint density at radius 1 is 1.08 bits per heavy atom. The van der Waals surface area contributed by atoms with Crippen molar-refractivity contribution in [1.29, 1.82) is 0 Å². The van der Waals surface area contributed by atoms with E-state index in [0.717, 1.165) is 30.0 Å². The zero-order valence-electron chi connectivity index (χ0n) is 12.6. The van der Waals surface area contributed by atoms with Crippen molar-refractivity contribution in [2.45, 2.75) is 23.2 Å². The van der Waals surface area contributed by atoms with E-state index in [1.165, 1.54) is 0 Å². The Morgan fingerprint density at radius 2 is 1.72 bits per heavy atom. The first-order valence-corrected chi connectivity index (χ1v) is 8.88. The van der Waals surface area contributed by atoms with Gasteiger partial charge in [-0.1, -0.05) is 34.8 Å². The van der Waals surface area contributed by atoms with Crippen molar-refractivity contribution in [2.75, 3.05) is 5.32 Å². The minimum Gasteiger partial charge on any atom is -0.324 e. The first-order valence-electron chi connectivity index (χ1n) is 6.87. The number of anilines is 1. The van der Waals surface area contributed by atoms with Gasteiger partial charge in [0.2, 0.25) is 5.91 Å². The van der Waals surface area contributed by atoms with Crippen LogP contribution in [0.1, 0.15) is 12.5 Å². The highest BCUT2D eigenvalue weighted by Gasteiger charge is 2.31. The molecule has 1 atom stereocenters. The minimum atomic E-state index is -4.53. The van der Waals surface area contributed by atoms with Crippen molar-refractivity contribution in [3.63, 3.8) is 0 Å². The smallest absolute Gasteiger partial charge is 0.324 e. The molecule has 1 unspecified atom stereocenters. The van der Waals surface area contributed by atoms with Crippen LogP contribution < -0.4 is 5.32 Å². The molecular weight excluding hydrogens is 418 g/mol. The summed E-state index contributed by atoms with van der Waals surface area (Å²) in [4.78, 5) is 12.9. The molecule has 25 heavy (non-hydrogen) atoms. The molecular formula is C16H11Cl3F3NOS. The lowest BCUT2D eigenvalue weighted by atomic mass is 10.2. The van der Waals surface area contributed by atoms with Crippen LogP contribution in [0.2, 0.25) is 15.1 Å². The second-order valence-electron chi connectivity index (χ2n) is 5.02. The van der Waals surface area contributed by atoms with E-state index < -0.39 is 22.9 Å². The summed E-state index contributed by atoms with van der Waals surface area (Å²) in [5.41, 5.74) is -1.00. The van der Waals surface area contributed by atoms with Crippen LogP contribution in [0.25, 0.3) is 0 Å². The molecule has 2 nitrogen and oxygen atoms in total. The molecule has 0 fully saturated rings. The van der Waals surface area contributed by atoms with Crippen molar-refractivity contribution in [2.24, 2.45) is 0 Å². The van der Waals surface area contributed by atoms with Crippen molar-refractivity contribution < 1.29 is 18.0 Å². The summed E-state index contributed by atoms with van der Waals surface area (Å²) in [5, 5.41) is 2.67. The highest BCUT2D eigenvalue weighted by molar-refractivity contribution is 8.00. The number of carbonyl (C=O) groups excluding carboxylic acids is 1. The first-order chi connectivity index (χ1) is 11.6. The van der Waals surface area contributed by atoms with Crippen molar-refractivity contribution in [1.82, 2.24) is 0 Å². The molecule has 2 rings (SSSR count). The molecule has 0 heterocycles. The van der Waals surface area contributed by atoms with E-state index in [1.54, 1.807) is 25.1 Å². The van der Waals surface area contributed by atoms with Crippen LogP contribution in [-0.2, 0) is 11.0 Å². The Hall–Kier alpha value is -1.08. The molecule has 2 aromatic rings. The Bertz CT molecular complexity index is 799. The van der Waals surface area contributed by atoms with Gasteiger partial charge in [0, 0.05) is 9.92 Å². The normalized spacial score (nSPS) is 12.8. The molecule has 0 aliphatic heterocycles. The molecule has 0 saturated carbocycles. The van der Waals surface area contributed by atoms with E-state index >= 15 is 0 Å². The average molecular weight is 429 g/mol. The Labute approximate surface area is 161 Å². The summed E-state index contributed by atoms with van der Waals surface area (Å²) in [6, 6.07) is 7.55. The van der Waals surface area contributed by atoms with Crippen molar-refractivity contribution >= 4 is 58.2 Å². The van der Waals surface area contributed by atoms with Gasteiger partial charge < -0.3 is 5.32 Å². The van der Waals surface area contributed by atoms with Crippen LogP contribution in [-0.4, -0.2) is 11.2 Å². The van der Waals surface area contributed by atoms with E-state index in [9.17, 15) is 18.0 Å². The van der Waals surface area contributed by atoms with Gasteiger partial charge in [0.15, 0.2) is 0 Å². The number of nitrogens with one attached hydrogen (secondary N) is 1. The number of hydrogen-bond donors (Lipinski definition) is 1. The Kier molecular flexibility index (Phi) is 6.54. The van der Waals surface area contributed by atoms with E-state index in [1.807, 2.05) is 0 Å². The van der Waals surface area contributed by atoms with Gasteiger partial charge in [-0.2, -0.15) is 13.2 Å². The number of carbonyl (C=O) groups is 1. The number of benzene rings is 2. The van der Waals surface area contributed by atoms with Crippen LogP contribution in [0.4, 0.5) is 18.9 Å². The maximum Gasteiger partial charge on any atom is 0.416 e. The van der Waals surface area contributed by atoms with Crippen LogP contribution in [0.3, 0.4) is 0 Å². The van der Waals surface area contributed by atoms with E-state index in [4.69, 9.17) is 34.8 Å². The molecule has 134 valence electrons. The van der Waals surface area contributed by atoms with Gasteiger partial charge in [-0.05, 0) is 43.3 Å². The Balaban J connectivity index is 2.15. The molecule has 0 aromatic heterocycles. The maximum absolute atomic E-state index is 12.8. The lowest BCUT2D eigenvalue weighted by Crippen LogP contribution is -2.23. The van der Waals surface area contributed by atoms with Crippen LogP contribution >= 0.6 is 46.6 Å². The highest BCUT2D eigenvalue weighted by atomic mass is 35.5. The fourth-order valence-corrected chi connectivity index (χ4v) is 3.42. The van der Waals surface area contributed by atoms with Crippen LogP contribution in [0, 0.1) is 0 Å². The fraction of sp³-hybridized carbons (Fsp3) is 0.188. The molecule has 1 amide bonds. The number of rotatable bonds is 4. The van der Waals surface area contributed by atoms with E-state index in [-0.39, 0.29) is 10.7 Å². The number of halogens is 6. The lowest BCUT2D eigenvalue weighted by Gasteiger charge is -2.15. The molecule has 0 aliphatic rings. The highest BCUT2D eigenvalue weighted by Crippen LogP contribution is 2.35. The van der Waals surface area contributed by atoms with Gasteiger partial charge >= 0.3 is 6.18 Å². The van der Waals surface area contributed by atoms with Gasteiger partial charge in [-0.3, -0.25) is 4.79 Å². The predicted molar refractivity (Wildman–Crippen MR) is 96.9 cm³/mol. The molecule has 9 heteroatoms. The molecule has 0 bridgehead atoms. The molecule has 0 radical (unpaired) electrons. The monoisotopic (exact) mass is 427 g/mol. The zero-order chi connectivity index (χ0) is 18.8. The second kappa shape index (κ2) is 8.08. The number of hydrogen-bond acceptors (Lipinski definition) is 2. The molecule has 2 aromatic carbocycles. The van der Waals surface area contributed by atoms with E-state index in [0.29, 0.717) is 14.9 Å². The summed E-state index contributed by atoms with van der Waals surface area (Å²) >= 11 is 18.9. The van der Waals surface area contributed by atoms with Gasteiger partial charge in [0.1, 0.15) is 0 Å². The molecule has 0 saturated heterocycles. The summed E-state index contributed by atoms with van der Waals surface area (Å²) < 4.78 is 38.3. The van der Waals surface area contributed by atoms with Gasteiger partial charge in [-0.15, -0.1) is 11.8 Å². The largest absolute Gasteiger partial charge is 0.416 e. The minimum absolute atomic E-state index is 0.0133. The number of alkyl halides is 3. The zero-order valence-corrected chi connectivity index (χ0v) is 15.7. The molecule has 0 aliphatic carbocycles. The van der Waals surface area contributed by atoms with Gasteiger partial charge in [0.25, 0.3) is 0 Å². The lowest BCUT2D eigenvalue weighted by molar-refractivity contribution is -0.137. The third-order valence-electron chi connectivity index (χ3n) is 3.12. The standard InChI is InChI=1S/C16H11Cl3F3NOS/c1-8(25-14-7-10(17)3-5-12(14)19)15(24)23-13-6-9(16(20,21)22)2-4-11(13)18/h2-8H,1H3,(H,23,24). The molecule has 1 N–H and O–H groups in total. The summed E-state index contributed by atoms with van der Waals surface area (Å²) in [7, 11) is 0. The van der Waals surface area contributed by atoms with Gasteiger partial charge in [-0.25, -0.2) is 0 Å². The van der Waals surface area contributed by atoms with Gasteiger partial charge in [0.05, 0.1) is 26.5 Å². The second-order valence-corrected chi connectivity index (χ2v) is 7.65. The van der Waals surface area contributed by atoms with E-state index in [2.05, 4.69) is 5.32 Å². The number of thioether (sulfide) groups is 1. The van der Waals surface area contributed by atoms with Crippen molar-refractivity contribution in [3.05, 3.63) is 57.0 Å². The third-order valence-corrected chi connectivity index (χ3v) is 5.28. The summed E-state index contributed by atoms with van der Waals surface area (Å²) in [6.45, 7) is 1.60.